The van der Waals surface area contributed by atoms with Crippen LogP contribution in [0.15, 0.2) is 29.2 Å². The Labute approximate surface area is 132 Å². The maximum Gasteiger partial charge on any atom is 0.179 e. The molecule has 0 atom stereocenters. The Morgan fingerprint density at radius 2 is 1.86 bits per heavy atom. The molecule has 0 unspecified atom stereocenters. The number of nitrogens with one attached hydrogen (secondary N) is 1. The van der Waals surface area contributed by atoms with Crippen LogP contribution < -0.4 is 5.32 Å². The van der Waals surface area contributed by atoms with Crippen LogP contribution in [0.25, 0.3) is 0 Å². The van der Waals surface area contributed by atoms with Crippen LogP contribution in [0.2, 0.25) is 5.02 Å². The first kappa shape index (κ1) is 16.7. The largest absolute Gasteiger partial charge is 0.317 e. The van der Waals surface area contributed by atoms with E-state index in [-0.39, 0.29) is 5.75 Å². The van der Waals surface area contributed by atoms with Gasteiger partial charge in [-0.1, -0.05) is 11.6 Å². The first-order chi connectivity index (χ1) is 9.97. The highest BCUT2D eigenvalue weighted by Gasteiger charge is 2.18. The van der Waals surface area contributed by atoms with Crippen LogP contribution in [0.3, 0.4) is 0 Å². The Bertz CT molecular complexity index is 539. The molecule has 1 fully saturated rings. The molecule has 0 saturated carbocycles. The Balaban J connectivity index is 1.84. The second kappa shape index (κ2) is 7.58. The summed E-state index contributed by atoms with van der Waals surface area (Å²) in [5.41, 5.74) is 0. The van der Waals surface area contributed by atoms with Gasteiger partial charge in [-0.05, 0) is 63.2 Å². The molecule has 0 radical (unpaired) electrons. The number of hydrogen-bond acceptors (Lipinski definition) is 4. The van der Waals surface area contributed by atoms with Crippen LogP contribution in [-0.4, -0.2) is 52.3 Å². The molecule has 6 heteroatoms. The van der Waals surface area contributed by atoms with E-state index in [1.807, 2.05) is 7.05 Å². The summed E-state index contributed by atoms with van der Waals surface area (Å²) in [7, 11) is -1.23. The molecule has 2 rings (SSSR count). The zero-order chi connectivity index (χ0) is 15.3. The number of piperidine rings is 1. The molecule has 21 heavy (non-hydrogen) atoms. The van der Waals surface area contributed by atoms with Crippen molar-refractivity contribution in [1.82, 2.24) is 10.2 Å². The lowest BCUT2D eigenvalue weighted by Crippen LogP contribution is -2.36. The third-order valence-corrected chi connectivity index (χ3v) is 5.91. The maximum atomic E-state index is 12.3. The molecular weight excluding hydrogens is 308 g/mol. The van der Waals surface area contributed by atoms with E-state index in [1.165, 1.54) is 12.8 Å². The van der Waals surface area contributed by atoms with Crippen molar-refractivity contribution in [3.8, 4) is 0 Å². The van der Waals surface area contributed by atoms with Gasteiger partial charge in [0.1, 0.15) is 0 Å². The highest BCUT2D eigenvalue weighted by molar-refractivity contribution is 7.91. The number of benzene rings is 1. The Morgan fingerprint density at radius 3 is 2.48 bits per heavy atom. The van der Waals surface area contributed by atoms with Crippen LogP contribution in [-0.2, 0) is 9.84 Å². The number of sulfone groups is 1. The minimum absolute atomic E-state index is 0.149. The van der Waals surface area contributed by atoms with Crippen molar-refractivity contribution in [2.45, 2.75) is 17.7 Å². The van der Waals surface area contributed by atoms with Crippen molar-refractivity contribution in [3.05, 3.63) is 29.3 Å². The lowest BCUT2D eigenvalue weighted by atomic mass is 9.98. The highest BCUT2D eigenvalue weighted by atomic mass is 35.5. The van der Waals surface area contributed by atoms with Gasteiger partial charge < -0.3 is 10.2 Å². The van der Waals surface area contributed by atoms with Crippen molar-refractivity contribution in [2.75, 3.05) is 39.0 Å². The van der Waals surface area contributed by atoms with Gasteiger partial charge in [0.25, 0.3) is 0 Å². The first-order valence-corrected chi connectivity index (χ1v) is 9.38. The summed E-state index contributed by atoms with van der Waals surface area (Å²) in [4.78, 5) is 2.48. The van der Waals surface area contributed by atoms with E-state index in [2.05, 4.69) is 10.2 Å². The zero-order valence-corrected chi connectivity index (χ0v) is 14.0. The minimum atomic E-state index is -3.23. The molecule has 1 N–H and O–H groups in total. The number of rotatable bonds is 6. The van der Waals surface area contributed by atoms with Gasteiger partial charge in [-0.2, -0.15) is 0 Å². The molecule has 1 aromatic carbocycles. The Morgan fingerprint density at radius 1 is 1.24 bits per heavy atom. The summed E-state index contributed by atoms with van der Waals surface area (Å²) in [6.45, 7) is 3.68. The van der Waals surface area contributed by atoms with E-state index in [0.29, 0.717) is 22.4 Å². The SMILES string of the molecule is CN(CCS(=O)(=O)c1ccc(Cl)cc1)CC1CCNCC1. The number of halogens is 1. The molecule has 1 saturated heterocycles. The van der Waals surface area contributed by atoms with Crippen molar-refractivity contribution < 1.29 is 8.42 Å². The van der Waals surface area contributed by atoms with Gasteiger partial charge in [0.15, 0.2) is 9.84 Å². The normalized spacial score (nSPS) is 17.3. The Hall–Kier alpha value is -0.620. The molecule has 0 amide bonds. The van der Waals surface area contributed by atoms with E-state index in [4.69, 9.17) is 11.6 Å². The highest BCUT2D eigenvalue weighted by Crippen LogP contribution is 2.16. The molecule has 0 spiro atoms. The summed E-state index contributed by atoms with van der Waals surface area (Å²) in [5.74, 6) is 0.824. The molecule has 1 aliphatic rings. The van der Waals surface area contributed by atoms with E-state index in [1.54, 1.807) is 24.3 Å². The van der Waals surface area contributed by atoms with Gasteiger partial charge in [-0.25, -0.2) is 8.42 Å². The van der Waals surface area contributed by atoms with Crippen LogP contribution in [0.5, 0.6) is 0 Å². The van der Waals surface area contributed by atoms with Crippen molar-refractivity contribution in [2.24, 2.45) is 5.92 Å². The van der Waals surface area contributed by atoms with E-state index in [0.717, 1.165) is 19.6 Å². The van der Waals surface area contributed by atoms with Gasteiger partial charge in [0.2, 0.25) is 0 Å². The van der Waals surface area contributed by atoms with Gasteiger partial charge in [-0.15, -0.1) is 0 Å². The molecule has 1 aliphatic heterocycles. The summed E-state index contributed by atoms with van der Waals surface area (Å²) in [6.07, 6.45) is 2.35. The predicted molar refractivity (Wildman–Crippen MR) is 86.6 cm³/mol. The third kappa shape index (κ3) is 5.25. The van der Waals surface area contributed by atoms with Crippen LogP contribution in [0.1, 0.15) is 12.8 Å². The minimum Gasteiger partial charge on any atom is -0.317 e. The van der Waals surface area contributed by atoms with Crippen molar-refractivity contribution in [1.29, 1.82) is 0 Å². The average molecular weight is 331 g/mol. The molecular formula is C15H23ClN2O2S. The van der Waals surface area contributed by atoms with Gasteiger partial charge >= 0.3 is 0 Å². The number of nitrogens with zero attached hydrogens (tertiary/aromatic N) is 1. The molecule has 1 aromatic rings. The van der Waals surface area contributed by atoms with E-state index >= 15 is 0 Å². The summed E-state index contributed by atoms with van der Waals surface area (Å²) in [5, 5.41) is 3.90. The van der Waals surface area contributed by atoms with Gasteiger partial charge in [-0.3, -0.25) is 0 Å². The van der Waals surface area contributed by atoms with E-state index < -0.39 is 9.84 Å². The van der Waals surface area contributed by atoms with E-state index in [9.17, 15) is 8.42 Å². The molecule has 0 bridgehead atoms. The van der Waals surface area contributed by atoms with Gasteiger partial charge in [0, 0.05) is 18.1 Å². The summed E-state index contributed by atoms with van der Waals surface area (Å²) >= 11 is 5.79. The maximum absolute atomic E-state index is 12.3. The van der Waals surface area contributed by atoms with Crippen LogP contribution in [0, 0.1) is 5.92 Å². The van der Waals surface area contributed by atoms with Crippen LogP contribution in [0.4, 0.5) is 0 Å². The molecule has 0 aliphatic carbocycles. The topological polar surface area (TPSA) is 49.4 Å². The fourth-order valence-electron chi connectivity index (χ4n) is 2.63. The summed E-state index contributed by atoms with van der Waals surface area (Å²) in [6, 6.07) is 6.38. The average Bonchev–Trinajstić information content (AvgIpc) is 2.47. The smallest absolute Gasteiger partial charge is 0.179 e. The zero-order valence-electron chi connectivity index (χ0n) is 12.4. The second-order valence-corrected chi connectivity index (χ2v) is 8.27. The Kier molecular flexibility index (Phi) is 6.05. The molecule has 118 valence electrons. The predicted octanol–water partition coefficient (Wildman–Crippen LogP) is 2.05. The fraction of sp³-hybridized carbons (Fsp3) is 0.600. The lowest BCUT2D eigenvalue weighted by molar-refractivity contribution is 0.249. The monoisotopic (exact) mass is 330 g/mol. The second-order valence-electron chi connectivity index (χ2n) is 5.73. The summed E-state index contributed by atoms with van der Waals surface area (Å²) < 4.78 is 24.5. The standard InChI is InChI=1S/C15H23ClN2O2S/c1-18(12-13-6-8-17-9-7-13)10-11-21(19,20)15-4-2-14(16)3-5-15/h2-5,13,17H,6-12H2,1H3. The molecule has 4 nitrogen and oxygen atoms in total. The number of hydrogen-bond donors (Lipinski definition) is 1. The first-order valence-electron chi connectivity index (χ1n) is 7.35. The quantitative estimate of drug-likeness (QED) is 0.867. The van der Waals surface area contributed by atoms with Crippen LogP contribution >= 0.6 is 11.6 Å². The lowest BCUT2D eigenvalue weighted by Gasteiger charge is -2.27. The third-order valence-electron chi connectivity index (χ3n) is 3.94. The van der Waals surface area contributed by atoms with Crippen molar-refractivity contribution in [3.63, 3.8) is 0 Å². The van der Waals surface area contributed by atoms with Gasteiger partial charge in [0.05, 0.1) is 10.6 Å². The molecule has 0 aromatic heterocycles. The fourth-order valence-corrected chi connectivity index (χ4v) is 4.10. The molecule has 1 heterocycles. The van der Waals surface area contributed by atoms with Crippen molar-refractivity contribution >= 4 is 21.4 Å².